The largest absolute Gasteiger partial charge is 0.493 e. The second-order valence-corrected chi connectivity index (χ2v) is 6.95. The number of nitro groups is 1. The molecular weight excluding hydrogens is 392 g/mol. The van der Waals surface area contributed by atoms with E-state index < -0.39 is 4.92 Å². The first-order valence-corrected chi connectivity index (χ1v) is 9.37. The summed E-state index contributed by atoms with van der Waals surface area (Å²) in [6.07, 6.45) is 0. The summed E-state index contributed by atoms with van der Waals surface area (Å²) in [5, 5.41) is 14.4. The molecule has 3 rings (SSSR count). The third kappa shape index (κ3) is 5.39. The van der Waals surface area contributed by atoms with Gasteiger partial charge in [-0.2, -0.15) is 0 Å². The molecule has 29 heavy (non-hydrogen) atoms. The fourth-order valence-electron chi connectivity index (χ4n) is 2.76. The van der Waals surface area contributed by atoms with Crippen LogP contribution in [0.4, 0.5) is 11.4 Å². The summed E-state index contributed by atoms with van der Waals surface area (Å²) in [7, 11) is 1.57. The normalized spacial score (nSPS) is 10.4. The molecule has 3 aromatic rings. The highest BCUT2D eigenvalue weighted by Crippen LogP contribution is 2.37. The molecule has 0 aromatic heterocycles. The molecule has 0 bridgehead atoms. The molecule has 0 saturated carbocycles. The minimum atomic E-state index is -0.427. The Morgan fingerprint density at radius 1 is 1.03 bits per heavy atom. The number of hydrogen-bond acceptors (Lipinski definition) is 5. The molecule has 0 radical (unpaired) electrons. The van der Waals surface area contributed by atoms with Gasteiger partial charge in [0, 0.05) is 24.4 Å². The van der Waals surface area contributed by atoms with Gasteiger partial charge in [0.25, 0.3) is 5.69 Å². The monoisotopic (exact) mass is 412 g/mol. The number of rotatable bonds is 8. The van der Waals surface area contributed by atoms with Crippen LogP contribution >= 0.6 is 11.6 Å². The van der Waals surface area contributed by atoms with Gasteiger partial charge in [0.1, 0.15) is 6.61 Å². The van der Waals surface area contributed by atoms with Crippen molar-refractivity contribution in [2.24, 2.45) is 0 Å². The molecule has 6 nitrogen and oxygen atoms in total. The third-order valence-electron chi connectivity index (χ3n) is 4.37. The van der Waals surface area contributed by atoms with Gasteiger partial charge >= 0.3 is 0 Å². The number of benzene rings is 3. The number of methoxy groups -OCH3 is 1. The van der Waals surface area contributed by atoms with Gasteiger partial charge in [0.2, 0.25) is 0 Å². The average Bonchev–Trinajstić information content (AvgIpc) is 2.72. The van der Waals surface area contributed by atoms with E-state index in [-0.39, 0.29) is 5.69 Å². The quantitative estimate of drug-likeness (QED) is 0.376. The van der Waals surface area contributed by atoms with Crippen LogP contribution in [0.3, 0.4) is 0 Å². The predicted octanol–water partition coefficient (Wildman–Crippen LogP) is 5.76. The Morgan fingerprint density at radius 2 is 1.72 bits per heavy atom. The molecule has 0 fully saturated rings. The van der Waals surface area contributed by atoms with E-state index in [4.69, 9.17) is 21.1 Å². The molecule has 3 aromatic carbocycles. The van der Waals surface area contributed by atoms with Crippen LogP contribution in [0.5, 0.6) is 11.5 Å². The van der Waals surface area contributed by atoms with E-state index in [1.54, 1.807) is 19.2 Å². The summed E-state index contributed by atoms with van der Waals surface area (Å²) in [6, 6.07) is 18.0. The Balaban J connectivity index is 1.68. The first-order chi connectivity index (χ1) is 14.0. The highest BCUT2D eigenvalue weighted by molar-refractivity contribution is 6.32. The molecule has 0 heterocycles. The van der Waals surface area contributed by atoms with Crippen molar-refractivity contribution in [2.45, 2.75) is 20.1 Å². The van der Waals surface area contributed by atoms with Crippen LogP contribution in [0.25, 0.3) is 0 Å². The van der Waals surface area contributed by atoms with Gasteiger partial charge in [-0.1, -0.05) is 41.4 Å². The van der Waals surface area contributed by atoms with E-state index in [0.29, 0.717) is 29.7 Å². The van der Waals surface area contributed by atoms with Crippen molar-refractivity contribution in [3.05, 3.63) is 92.5 Å². The first-order valence-electron chi connectivity index (χ1n) is 8.99. The number of halogens is 1. The zero-order valence-electron chi connectivity index (χ0n) is 16.1. The summed E-state index contributed by atoms with van der Waals surface area (Å²) in [6.45, 7) is 2.90. The second kappa shape index (κ2) is 9.30. The molecule has 0 atom stereocenters. The van der Waals surface area contributed by atoms with Crippen LogP contribution in [0.1, 0.15) is 16.7 Å². The van der Waals surface area contributed by atoms with Crippen LogP contribution in [-0.4, -0.2) is 12.0 Å². The number of anilines is 1. The smallest absolute Gasteiger partial charge is 0.269 e. The van der Waals surface area contributed by atoms with Crippen LogP contribution in [0.2, 0.25) is 5.02 Å². The highest BCUT2D eigenvalue weighted by Gasteiger charge is 2.13. The summed E-state index contributed by atoms with van der Waals surface area (Å²) in [5.41, 5.74) is 3.94. The Hall–Kier alpha value is -3.25. The van der Waals surface area contributed by atoms with Gasteiger partial charge < -0.3 is 14.8 Å². The van der Waals surface area contributed by atoms with Gasteiger partial charge in [-0.15, -0.1) is 0 Å². The number of nitro benzene ring substituents is 1. The zero-order valence-corrected chi connectivity index (χ0v) is 16.9. The lowest BCUT2D eigenvalue weighted by Crippen LogP contribution is -2.03. The Bertz CT molecular complexity index is 989. The topological polar surface area (TPSA) is 73.6 Å². The average molecular weight is 413 g/mol. The van der Waals surface area contributed by atoms with Crippen molar-refractivity contribution in [3.8, 4) is 11.5 Å². The lowest BCUT2D eigenvalue weighted by Gasteiger charge is -2.15. The van der Waals surface area contributed by atoms with Crippen molar-refractivity contribution in [2.75, 3.05) is 12.4 Å². The fourth-order valence-corrected chi connectivity index (χ4v) is 3.05. The number of hydrogen-bond donors (Lipinski definition) is 1. The van der Waals surface area contributed by atoms with Crippen LogP contribution in [0, 0.1) is 17.0 Å². The van der Waals surface area contributed by atoms with Crippen molar-refractivity contribution in [1.29, 1.82) is 0 Å². The highest BCUT2D eigenvalue weighted by atomic mass is 35.5. The van der Waals surface area contributed by atoms with Crippen molar-refractivity contribution in [3.63, 3.8) is 0 Å². The third-order valence-corrected chi connectivity index (χ3v) is 4.65. The summed E-state index contributed by atoms with van der Waals surface area (Å²) in [5.74, 6) is 1.04. The first kappa shape index (κ1) is 20.5. The maximum absolute atomic E-state index is 10.7. The number of non-ortho nitro benzene ring substituents is 1. The predicted molar refractivity (Wildman–Crippen MR) is 114 cm³/mol. The number of aryl methyl sites for hydroxylation is 1. The van der Waals surface area contributed by atoms with Crippen LogP contribution in [-0.2, 0) is 13.2 Å². The van der Waals surface area contributed by atoms with Crippen molar-refractivity contribution in [1.82, 2.24) is 0 Å². The molecule has 0 spiro atoms. The van der Waals surface area contributed by atoms with E-state index >= 15 is 0 Å². The lowest BCUT2D eigenvalue weighted by molar-refractivity contribution is -0.384. The van der Waals surface area contributed by atoms with Gasteiger partial charge in [0.05, 0.1) is 17.1 Å². The van der Waals surface area contributed by atoms with Crippen LogP contribution in [0.15, 0.2) is 60.7 Å². The van der Waals surface area contributed by atoms with Gasteiger partial charge in [-0.05, 0) is 42.3 Å². The maximum Gasteiger partial charge on any atom is 0.269 e. The molecule has 0 saturated heterocycles. The molecule has 0 aliphatic carbocycles. The molecule has 0 aliphatic rings. The fraction of sp³-hybridized carbons (Fsp3) is 0.182. The number of nitrogens with one attached hydrogen (secondary N) is 1. The van der Waals surface area contributed by atoms with E-state index in [9.17, 15) is 10.1 Å². The van der Waals surface area contributed by atoms with Gasteiger partial charge in [-0.25, -0.2) is 0 Å². The maximum atomic E-state index is 10.7. The van der Waals surface area contributed by atoms with Gasteiger partial charge in [0.15, 0.2) is 11.5 Å². The van der Waals surface area contributed by atoms with Crippen molar-refractivity contribution >= 4 is 23.0 Å². The Kier molecular flexibility index (Phi) is 6.57. The molecular formula is C22H21ClN2O4. The SMILES string of the molecule is COc1cc(CNc2ccc([N+](=O)[O-])cc2)cc(Cl)c1OCc1ccc(C)cc1. The van der Waals surface area contributed by atoms with Crippen molar-refractivity contribution < 1.29 is 14.4 Å². The van der Waals surface area contributed by atoms with E-state index in [1.165, 1.54) is 17.7 Å². The Morgan fingerprint density at radius 3 is 2.34 bits per heavy atom. The molecule has 0 aliphatic heterocycles. The second-order valence-electron chi connectivity index (χ2n) is 6.54. The molecule has 7 heteroatoms. The Labute approximate surface area is 174 Å². The van der Waals surface area contributed by atoms with E-state index in [0.717, 1.165) is 16.8 Å². The molecule has 0 amide bonds. The number of nitrogens with zero attached hydrogens (tertiary/aromatic N) is 1. The standard InChI is InChI=1S/C22H21ClN2O4/c1-15-3-5-16(6-4-15)14-29-22-20(23)11-17(12-21(22)28-2)13-24-18-7-9-19(10-8-18)25(26)27/h3-12,24H,13-14H2,1-2H3. The number of ether oxygens (including phenoxy) is 2. The lowest BCUT2D eigenvalue weighted by atomic mass is 10.1. The van der Waals surface area contributed by atoms with E-state index in [1.807, 2.05) is 43.3 Å². The minimum absolute atomic E-state index is 0.0512. The summed E-state index contributed by atoms with van der Waals surface area (Å²) >= 11 is 6.43. The molecule has 1 N–H and O–H groups in total. The van der Waals surface area contributed by atoms with Gasteiger partial charge in [-0.3, -0.25) is 10.1 Å². The summed E-state index contributed by atoms with van der Waals surface area (Å²) < 4.78 is 11.4. The van der Waals surface area contributed by atoms with Crippen LogP contribution < -0.4 is 14.8 Å². The molecule has 0 unspecified atom stereocenters. The zero-order chi connectivity index (χ0) is 20.8. The van der Waals surface area contributed by atoms with E-state index in [2.05, 4.69) is 5.32 Å². The minimum Gasteiger partial charge on any atom is -0.493 e. The summed E-state index contributed by atoms with van der Waals surface area (Å²) in [4.78, 5) is 10.3. The molecule has 150 valence electrons.